The van der Waals surface area contributed by atoms with Crippen molar-refractivity contribution in [2.24, 2.45) is 0 Å². The maximum atomic E-state index is 12.7. The van der Waals surface area contributed by atoms with Gasteiger partial charge in [-0.05, 0) is 62.8 Å². The van der Waals surface area contributed by atoms with Crippen LogP contribution < -0.4 is 5.32 Å². The summed E-state index contributed by atoms with van der Waals surface area (Å²) in [5.74, 6) is 0.827. The molecule has 0 bridgehead atoms. The number of halogens is 3. The van der Waals surface area contributed by atoms with E-state index < -0.39 is 12.6 Å². The topological polar surface area (TPSA) is 116 Å². The first-order chi connectivity index (χ1) is 20.6. The highest BCUT2D eigenvalue weighted by Gasteiger charge is 2.27. The molecule has 1 saturated heterocycles. The zero-order valence-corrected chi connectivity index (χ0v) is 24.3. The van der Waals surface area contributed by atoms with E-state index in [1.807, 2.05) is 16.8 Å². The Hall–Kier alpha value is -4.24. The first kappa shape index (κ1) is 30.2. The molecule has 2 N–H and O–H groups in total. The number of likely N-dealkylation sites (tertiary alicyclic amines) is 1. The summed E-state index contributed by atoms with van der Waals surface area (Å²) in [5, 5.41) is 21.1. The molecule has 0 radical (unpaired) electrons. The van der Waals surface area contributed by atoms with Crippen molar-refractivity contribution in [1.82, 2.24) is 29.6 Å². The average molecular weight is 593 g/mol. The minimum atomic E-state index is -4.21. The number of nitrogens with zero attached hydrogens (tertiary/aromatic N) is 6. The number of carbonyl (C=O) groups is 1. The fourth-order valence-electron chi connectivity index (χ4n) is 5.71. The van der Waals surface area contributed by atoms with Crippen LogP contribution in [0.1, 0.15) is 66.4 Å². The van der Waals surface area contributed by atoms with Gasteiger partial charge in [0.2, 0.25) is 0 Å². The third-order valence-corrected chi connectivity index (χ3v) is 8.03. The number of anilines is 1. The van der Waals surface area contributed by atoms with Crippen LogP contribution in [0, 0.1) is 18.3 Å². The van der Waals surface area contributed by atoms with Gasteiger partial charge in [-0.2, -0.15) is 23.5 Å². The third-order valence-electron chi connectivity index (χ3n) is 8.03. The number of nitrogens with one attached hydrogen (secondary N) is 2. The lowest BCUT2D eigenvalue weighted by atomic mass is 10.0. The Balaban J connectivity index is 1.24. The van der Waals surface area contributed by atoms with Crippen LogP contribution in [-0.4, -0.2) is 60.7 Å². The van der Waals surface area contributed by atoms with E-state index in [0.717, 1.165) is 54.5 Å². The number of H-pyrrole nitrogens is 1. The lowest BCUT2D eigenvalue weighted by Crippen LogP contribution is -2.39. The van der Waals surface area contributed by atoms with E-state index in [1.54, 1.807) is 12.4 Å². The zero-order chi connectivity index (χ0) is 30.6. The predicted molar refractivity (Wildman–Crippen MR) is 156 cm³/mol. The van der Waals surface area contributed by atoms with Gasteiger partial charge in [0.25, 0.3) is 0 Å². The van der Waals surface area contributed by atoms with E-state index in [2.05, 4.69) is 55.5 Å². The molecule has 1 aromatic carbocycles. The highest BCUT2D eigenvalue weighted by Crippen LogP contribution is 2.29. The fraction of sp³-hybridized carbons (Fsp3) is 0.452. The first-order valence-corrected chi connectivity index (χ1v) is 14.5. The van der Waals surface area contributed by atoms with Crippen molar-refractivity contribution < 1.29 is 18.0 Å². The molecule has 0 atom stereocenters. The van der Waals surface area contributed by atoms with Crippen LogP contribution in [0.3, 0.4) is 0 Å². The minimum Gasteiger partial charge on any atom is -0.367 e. The van der Waals surface area contributed by atoms with Crippen LogP contribution in [0.15, 0.2) is 36.8 Å². The van der Waals surface area contributed by atoms with Gasteiger partial charge in [-0.15, -0.1) is 0 Å². The van der Waals surface area contributed by atoms with Gasteiger partial charge in [-0.3, -0.25) is 14.8 Å². The van der Waals surface area contributed by atoms with Gasteiger partial charge >= 0.3 is 6.18 Å². The Bertz CT molecular complexity index is 1610. The summed E-state index contributed by atoms with van der Waals surface area (Å²) in [6.07, 6.45) is 2.01. The van der Waals surface area contributed by atoms with Gasteiger partial charge < -0.3 is 9.88 Å². The first-order valence-electron chi connectivity index (χ1n) is 14.5. The predicted octanol–water partition coefficient (Wildman–Crippen LogP) is 5.48. The number of alkyl halides is 3. The number of fused-ring (bicyclic) bond motifs is 1. The van der Waals surface area contributed by atoms with Gasteiger partial charge in [0.05, 0.1) is 19.2 Å². The van der Waals surface area contributed by atoms with Crippen molar-refractivity contribution in [3.8, 4) is 6.07 Å². The molecule has 12 heteroatoms. The van der Waals surface area contributed by atoms with Crippen molar-refractivity contribution in [2.45, 2.75) is 77.7 Å². The van der Waals surface area contributed by atoms with Gasteiger partial charge in [0, 0.05) is 66.5 Å². The number of Topliss-reactive ketones (excluding diaryl/α,β-unsaturated/α-hetero) is 1. The van der Waals surface area contributed by atoms with E-state index >= 15 is 0 Å². The molecule has 0 unspecified atom stereocenters. The molecule has 4 heterocycles. The summed E-state index contributed by atoms with van der Waals surface area (Å²) < 4.78 is 40.2. The molecule has 4 aromatic rings. The standard InChI is InChI=1S/C31H35F3N8O/c1-20(43)12-29-36-17-23(4-3-9-31(32,33)34)30(40-29)39-25-7-10-41(11-8-25)19-24-5-6-28-27(21(24)2)13-26(14-35)42(28)18-22-15-37-38-16-22/h5-6,13,15-17,25H,3-4,7-12,18-19H2,1-2H3,(H,37,38)(H,36,39,40). The van der Waals surface area contributed by atoms with Gasteiger partial charge in [-0.1, -0.05) is 6.07 Å². The Kier molecular flexibility index (Phi) is 9.11. The number of piperidine rings is 1. The van der Waals surface area contributed by atoms with Crippen molar-refractivity contribution in [2.75, 3.05) is 18.4 Å². The quantitative estimate of drug-likeness (QED) is 0.237. The molecule has 0 aliphatic carbocycles. The van der Waals surface area contributed by atoms with E-state index in [9.17, 15) is 23.2 Å². The summed E-state index contributed by atoms with van der Waals surface area (Å²) >= 11 is 0. The Morgan fingerprint density at radius 1 is 1.19 bits per heavy atom. The van der Waals surface area contributed by atoms with E-state index in [0.29, 0.717) is 29.4 Å². The van der Waals surface area contributed by atoms with Crippen LogP contribution in [0.5, 0.6) is 0 Å². The summed E-state index contributed by atoms with van der Waals surface area (Å²) in [5.41, 5.74) is 5.62. The molecule has 0 spiro atoms. The average Bonchev–Trinajstić information content (AvgIpc) is 3.60. The number of benzene rings is 1. The summed E-state index contributed by atoms with van der Waals surface area (Å²) in [6.45, 7) is 6.59. The van der Waals surface area contributed by atoms with Crippen molar-refractivity contribution in [1.29, 1.82) is 5.26 Å². The molecule has 43 heavy (non-hydrogen) atoms. The molecule has 1 aliphatic rings. The molecule has 0 amide bonds. The largest absolute Gasteiger partial charge is 0.389 e. The van der Waals surface area contributed by atoms with Crippen molar-refractivity contribution >= 4 is 22.5 Å². The number of hydrogen-bond donors (Lipinski definition) is 2. The molecule has 5 rings (SSSR count). The number of ketones is 1. The molecule has 226 valence electrons. The highest BCUT2D eigenvalue weighted by molar-refractivity contribution is 5.86. The summed E-state index contributed by atoms with van der Waals surface area (Å²) in [4.78, 5) is 22.7. The maximum absolute atomic E-state index is 12.7. The molecule has 3 aromatic heterocycles. The van der Waals surface area contributed by atoms with E-state index in [4.69, 9.17) is 0 Å². The normalized spacial score (nSPS) is 14.7. The minimum absolute atomic E-state index is 0.0433. The third kappa shape index (κ3) is 7.59. The second-order valence-corrected chi connectivity index (χ2v) is 11.3. The zero-order valence-electron chi connectivity index (χ0n) is 24.3. The lowest BCUT2D eigenvalue weighted by Gasteiger charge is -2.33. The van der Waals surface area contributed by atoms with Crippen LogP contribution in [-0.2, 0) is 30.7 Å². The fourth-order valence-corrected chi connectivity index (χ4v) is 5.71. The number of nitriles is 1. The number of aryl methyl sites for hydroxylation is 2. The van der Waals surface area contributed by atoms with Crippen molar-refractivity contribution in [3.05, 3.63) is 70.6 Å². The van der Waals surface area contributed by atoms with Gasteiger partial charge in [-0.25, -0.2) is 9.97 Å². The van der Waals surface area contributed by atoms with E-state index in [1.165, 1.54) is 12.5 Å². The molecule has 9 nitrogen and oxygen atoms in total. The Morgan fingerprint density at radius 3 is 2.65 bits per heavy atom. The number of aromatic nitrogens is 5. The SMILES string of the molecule is CC(=O)Cc1ncc(CCCC(F)(F)F)c(NC2CCN(Cc3ccc4c(cc(C#N)n4Cc4cn[nH]c4)c3C)CC2)n1. The Labute approximate surface area is 248 Å². The van der Waals surface area contributed by atoms with Crippen LogP contribution >= 0.6 is 0 Å². The second kappa shape index (κ2) is 13.0. The summed E-state index contributed by atoms with van der Waals surface area (Å²) in [6, 6.07) is 8.61. The molecule has 1 aliphatic heterocycles. The molecular weight excluding hydrogens is 557 g/mol. The van der Waals surface area contributed by atoms with Crippen LogP contribution in [0.2, 0.25) is 0 Å². The van der Waals surface area contributed by atoms with Gasteiger partial charge in [0.1, 0.15) is 29.2 Å². The second-order valence-electron chi connectivity index (χ2n) is 11.3. The molecular formula is C31H35F3N8O. The summed E-state index contributed by atoms with van der Waals surface area (Å²) in [7, 11) is 0. The van der Waals surface area contributed by atoms with E-state index in [-0.39, 0.29) is 31.1 Å². The highest BCUT2D eigenvalue weighted by atomic mass is 19.4. The van der Waals surface area contributed by atoms with Crippen LogP contribution in [0.4, 0.5) is 19.0 Å². The lowest BCUT2D eigenvalue weighted by molar-refractivity contribution is -0.135. The maximum Gasteiger partial charge on any atom is 0.389 e. The number of rotatable bonds is 11. The molecule has 0 saturated carbocycles. The monoisotopic (exact) mass is 592 g/mol. The number of aromatic amines is 1. The van der Waals surface area contributed by atoms with Crippen molar-refractivity contribution in [3.63, 3.8) is 0 Å². The van der Waals surface area contributed by atoms with Crippen LogP contribution in [0.25, 0.3) is 10.9 Å². The van der Waals surface area contributed by atoms with Gasteiger partial charge in [0.15, 0.2) is 0 Å². The smallest absolute Gasteiger partial charge is 0.367 e. The molecule has 1 fully saturated rings. The Morgan fingerprint density at radius 2 is 1.98 bits per heavy atom. The number of carbonyl (C=O) groups excluding carboxylic acids is 1. The number of hydrogen-bond acceptors (Lipinski definition) is 7.